The molecule has 0 unspecified atom stereocenters. The standard InChI is InChI=1S/C24H21Cl2NO3/c1-14-7-9-16(10-8-14)27-22(28)12-15-11-20(29-2)21(30-3)13-18(15)24(27)17-5-4-6-19(25)23(17)26/h4-11,13,24H,12H2,1-3H3/t24-/m0/s1. The fourth-order valence-corrected chi connectivity index (χ4v) is 4.32. The molecule has 0 aromatic heterocycles. The molecule has 6 heteroatoms. The van der Waals surface area contributed by atoms with Crippen molar-refractivity contribution < 1.29 is 14.3 Å². The van der Waals surface area contributed by atoms with E-state index in [0.29, 0.717) is 21.5 Å². The van der Waals surface area contributed by atoms with Gasteiger partial charge >= 0.3 is 0 Å². The van der Waals surface area contributed by atoms with Gasteiger partial charge in [0.2, 0.25) is 5.91 Å². The summed E-state index contributed by atoms with van der Waals surface area (Å²) in [6.45, 7) is 2.01. The van der Waals surface area contributed by atoms with Crippen LogP contribution in [0.3, 0.4) is 0 Å². The van der Waals surface area contributed by atoms with Crippen LogP contribution in [0.25, 0.3) is 0 Å². The van der Waals surface area contributed by atoms with E-state index in [4.69, 9.17) is 32.7 Å². The van der Waals surface area contributed by atoms with Crippen LogP contribution in [0.15, 0.2) is 54.6 Å². The quantitative estimate of drug-likeness (QED) is 0.498. The minimum absolute atomic E-state index is 0.0281. The molecule has 0 aliphatic carbocycles. The van der Waals surface area contributed by atoms with E-state index in [0.717, 1.165) is 27.9 Å². The van der Waals surface area contributed by atoms with Crippen LogP contribution in [0.1, 0.15) is 28.3 Å². The van der Waals surface area contributed by atoms with Gasteiger partial charge in [0.05, 0.1) is 36.7 Å². The summed E-state index contributed by atoms with van der Waals surface area (Å²) in [6, 6.07) is 16.7. The summed E-state index contributed by atoms with van der Waals surface area (Å²) in [6.07, 6.45) is 0.248. The van der Waals surface area contributed by atoms with Crippen molar-refractivity contribution in [3.8, 4) is 11.5 Å². The van der Waals surface area contributed by atoms with Gasteiger partial charge in [-0.25, -0.2) is 0 Å². The number of carbonyl (C=O) groups excluding carboxylic acids is 1. The van der Waals surface area contributed by atoms with Crippen LogP contribution in [-0.4, -0.2) is 20.1 Å². The number of nitrogens with zero attached hydrogens (tertiary/aromatic N) is 1. The maximum atomic E-state index is 13.4. The third-order valence-corrected chi connectivity index (χ3v) is 6.23. The molecule has 3 aromatic carbocycles. The third kappa shape index (κ3) is 3.51. The topological polar surface area (TPSA) is 38.8 Å². The minimum atomic E-state index is -0.449. The van der Waals surface area contributed by atoms with Crippen LogP contribution in [0.2, 0.25) is 10.0 Å². The summed E-state index contributed by atoms with van der Waals surface area (Å²) in [4.78, 5) is 15.1. The highest BCUT2D eigenvalue weighted by molar-refractivity contribution is 6.42. The van der Waals surface area contributed by atoms with Crippen molar-refractivity contribution in [3.63, 3.8) is 0 Å². The summed E-state index contributed by atoms with van der Waals surface area (Å²) in [5, 5.41) is 0.870. The molecule has 0 N–H and O–H groups in total. The van der Waals surface area contributed by atoms with Crippen LogP contribution in [0.5, 0.6) is 11.5 Å². The molecule has 1 amide bonds. The number of hydrogen-bond acceptors (Lipinski definition) is 3. The molecule has 0 bridgehead atoms. The Morgan fingerprint density at radius 2 is 1.60 bits per heavy atom. The first kappa shape index (κ1) is 20.6. The lowest BCUT2D eigenvalue weighted by Crippen LogP contribution is -2.41. The van der Waals surface area contributed by atoms with Crippen molar-refractivity contribution in [1.82, 2.24) is 0 Å². The zero-order chi connectivity index (χ0) is 21.4. The van der Waals surface area contributed by atoms with Gasteiger partial charge in [0.25, 0.3) is 0 Å². The number of amides is 1. The highest BCUT2D eigenvalue weighted by Gasteiger charge is 2.37. The number of ether oxygens (including phenoxy) is 2. The first-order valence-corrected chi connectivity index (χ1v) is 10.3. The normalized spacial score (nSPS) is 15.7. The molecule has 154 valence electrons. The van der Waals surface area contributed by atoms with Gasteiger partial charge in [-0.1, -0.05) is 53.0 Å². The van der Waals surface area contributed by atoms with E-state index < -0.39 is 6.04 Å². The van der Waals surface area contributed by atoms with Crippen molar-refractivity contribution in [2.45, 2.75) is 19.4 Å². The van der Waals surface area contributed by atoms with Gasteiger partial charge in [0.15, 0.2) is 11.5 Å². The van der Waals surface area contributed by atoms with Gasteiger partial charge in [0.1, 0.15) is 0 Å². The van der Waals surface area contributed by atoms with Gasteiger partial charge in [-0.15, -0.1) is 0 Å². The molecule has 0 fully saturated rings. The Morgan fingerprint density at radius 1 is 0.933 bits per heavy atom. The van der Waals surface area contributed by atoms with Gasteiger partial charge in [0, 0.05) is 5.69 Å². The second-order valence-corrected chi connectivity index (χ2v) is 8.01. The van der Waals surface area contributed by atoms with Crippen LogP contribution in [-0.2, 0) is 11.2 Å². The molecule has 1 heterocycles. The Bertz CT molecular complexity index is 1110. The number of rotatable bonds is 4. The first-order chi connectivity index (χ1) is 14.4. The number of carbonyl (C=O) groups is 1. The number of hydrogen-bond donors (Lipinski definition) is 0. The molecule has 4 nitrogen and oxygen atoms in total. The van der Waals surface area contributed by atoms with E-state index in [2.05, 4.69) is 0 Å². The highest BCUT2D eigenvalue weighted by Crippen LogP contribution is 2.45. The van der Waals surface area contributed by atoms with Crippen LogP contribution in [0, 0.1) is 6.92 Å². The SMILES string of the molecule is COc1cc2c(cc1OC)[C@H](c1cccc(Cl)c1Cl)N(c1ccc(C)cc1)C(=O)C2. The van der Waals surface area contributed by atoms with Crippen molar-refractivity contribution in [1.29, 1.82) is 0 Å². The summed E-state index contributed by atoms with van der Waals surface area (Å²) < 4.78 is 11.0. The van der Waals surface area contributed by atoms with E-state index in [1.807, 2.05) is 55.5 Å². The Labute approximate surface area is 185 Å². The number of fused-ring (bicyclic) bond motifs is 1. The van der Waals surface area contributed by atoms with Crippen molar-refractivity contribution in [2.24, 2.45) is 0 Å². The van der Waals surface area contributed by atoms with E-state index in [9.17, 15) is 4.79 Å². The van der Waals surface area contributed by atoms with Gasteiger partial charge < -0.3 is 14.4 Å². The molecular formula is C24H21Cl2NO3. The van der Waals surface area contributed by atoms with Gasteiger partial charge in [-0.05, 0) is 53.9 Å². The predicted octanol–water partition coefficient (Wildman–Crippen LogP) is 6.00. The smallest absolute Gasteiger partial charge is 0.232 e. The molecule has 3 aromatic rings. The van der Waals surface area contributed by atoms with Crippen molar-refractivity contribution >= 4 is 34.8 Å². The second-order valence-electron chi connectivity index (χ2n) is 7.23. The van der Waals surface area contributed by atoms with E-state index in [1.54, 1.807) is 25.2 Å². The molecule has 0 saturated heterocycles. The number of aryl methyl sites for hydroxylation is 1. The summed E-state index contributed by atoms with van der Waals surface area (Å²) in [7, 11) is 3.18. The lowest BCUT2D eigenvalue weighted by atomic mass is 9.86. The van der Waals surface area contributed by atoms with Crippen molar-refractivity contribution in [3.05, 3.63) is 86.9 Å². The Hall–Kier alpha value is -2.69. The average Bonchev–Trinajstić information content (AvgIpc) is 2.75. The Balaban J connectivity index is 1.99. The lowest BCUT2D eigenvalue weighted by molar-refractivity contribution is -0.118. The molecule has 0 saturated carbocycles. The fraction of sp³-hybridized carbons (Fsp3) is 0.208. The van der Waals surface area contributed by atoms with Gasteiger partial charge in [-0.3, -0.25) is 4.79 Å². The van der Waals surface area contributed by atoms with Crippen LogP contribution >= 0.6 is 23.2 Å². The van der Waals surface area contributed by atoms with Gasteiger partial charge in [-0.2, -0.15) is 0 Å². The maximum Gasteiger partial charge on any atom is 0.232 e. The highest BCUT2D eigenvalue weighted by atomic mass is 35.5. The maximum absolute atomic E-state index is 13.4. The molecule has 1 aliphatic rings. The lowest BCUT2D eigenvalue weighted by Gasteiger charge is -2.38. The molecule has 1 aliphatic heterocycles. The Morgan fingerprint density at radius 3 is 2.27 bits per heavy atom. The number of halogens is 2. The zero-order valence-electron chi connectivity index (χ0n) is 16.9. The fourth-order valence-electron chi connectivity index (χ4n) is 3.91. The van der Waals surface area contributed by atoms with E-state index >= 15 is 0 Å². The molecule has 0 radical (unpaired) electrons. The monoisotopic (exact) mass is 441 g/mol. The molecule has 0 spiro atoms. The second kappa shape index (κ2) is 8.21. The van der Waals surface area contributed by atoms with Crippen LogP contribution in [0.4, 0.5) is 5.69 Å². The number of methoxy groups -OCH3 is 2. The third-order valence-electron chi connectivity index (χ3n) is 5.40. The molecular weight excluding hydrogens is 421 g/mol. The van der Waals surface area contributed by atoms with E-state index in [1.165, 1.54) is 0 Å². The van der Waals surface area contributed by atoms with Crippen LogP contribution < -0.4 is 14.4 Å². The Kier molecular flexibility index (Phi) is 5.63. The number of anilines is 1. The predicted molar refractivity (Wildman–Crippen MR) is 120 cm³/mol. The zero-order valence-corrected chi connectivity index (χ0v) is 18.4. The summed E-state index contributed by atoms with van der Waals surface area (Å²) in [5.74, 6) is 1.15. The summed E-state index contributed by atoms with van der Waals surface area (Å²) in [5.41, 5.74) is 4.48. The molecule has 1 atom stereocenters. The van der Waals surface area contributed by atoms with Crippen molar-refractivity contribution in [2.75, 3.05) is 19.1 Å². The molecule has 4 rings (SSSR count). The first-order valence-electron chi connectivity index (χ1n) is 9.52. The summed E-state index contributed by atoms with van der Waals surface area (Å²) >= 11 is 13.0. The molecule has 30 heavy (non-hydrogen) atoms. The largest absolute Gasteiger partial charge is 0.493 e. The number of benzene rings is 3. The van der Waals surface area contributed by atoms with E-state index in [-0.39, 0.29) is 12.3 Å². The minimum Gasteiger partial charge on any atom is -0.493 e. The average molecular weight is 442 g/mol.